The lowest BCUT2D eigenvalue weighted by Crippen LogP contribution is -2.53. The number of amides is 2. The molecule has 1 heterocycles. The Balaban J connectivity index is 1.81. The highest BCUT2D eigenvalue weighted by molar-refractivity contribution is 9.10. The highest BCUT2D eigenvalue weighted by Crippen LogP contribution is 2.26. The van der Waals surface area contributed by atoms with E-state index < -0.39 is 6.04 Å². The summed E-state index contributed by atoms with van der Waals surface area (Å²) in [6.45, 7) is 6.52. The largest absolute Gasteiger partial charge is 0.348 e. The summed E-state index contributed by atoms with van der Waals surface area (Å²) in [5.74, 6) is 0.202. The molecule has 1 aliphatic heterocycles. The summed E-state index contributed by atoms with van der Waals surface area (Å²) in [4.78, 5) is 27.8. The first-order valence-electron chi connectivity index (χ1n) is 9.77. The average molecular weight is 443 g/mol. The molecule has 0 spiro atoms. The molecule has 0 aromatic heterocycles. The minimum absolute atomic E-state index is 0.0414. The molecule has 2 aromatic rings. The molecule has 2 amide bonds. The fourth-order valence-electron chi connectivity index (χ4n) is 3.65. The highest BCUT2D eigenvalue weighted by Gasteiger charge is 2.35. The van der Waals surface area contributed by atoms with Gasteiger partial charge in [0.1, 0.15) is 6.04 Å². The zero-order valence-electron chi connectivity index (χ0n) is 16.6. The molecular formula is C23H27BrN2O2. The quantitative estimate of drug-likeness (QED) is 0.733. The minimum atomic E-state index is -0.476. The van der Waals surface area contributed by atoms with Crippen LogP contribution in [0.4, 0.5) is 0 Å². The Morgan fingerprint density at radius 1 is 1.11 bits per heavy atom. The molecule has 148 valence electrons. The van der Waals surface area contributed by atoms with Gasteiger partial charge in [-0.05, 0) is 41.7 Å². The van der Waals surface area contributed by atoms with Crippen molar-refractivity contribution in [1.82, 2.24) is 10.2 Å². The van der Waals surface area contributed by atoms with Gasteiger partial charge in [0.25, 0.3) is 0 Å². The highest BCUT2D eigenvalue weighted by atomic mass is 79.9. The maximum Gasteiger partial charge on any atom is 0.243 e. The van der Waals surface area contributed by atoms with Crippen molar-refractivity contribution < 1.29 is 9.59 Å². The Morgan fingerprint density at radius 2 is 1.82 bits per heavy atom. The van der Waals surface area contributed by atoms with Crippen molar-refractivity contribution in [2.24, 2.45) is 5.92 Å². The van der Waals surface area contributed by atoms with Crippen molar-refractivity contribution in [2.75, 3.05) is 0 Å². The molecule has 5 heteroatoms. The van der Waals surface area contributed by atoms with Crippen molar-refractivity contribution in [3.8, 4) is 0 Å². The SMILES string of the molecule is CC(C)CC(=O)N1Cc2ccccc2CC1C(=O)NC(C)c1cccc(Br)c1. The molecule has 0 saturated heterocycles. The van der Waals surface area contributed by atoms with Crippen LogP contribution in [0, 0.1) is 5.92 Å². The standard InChI is InChI=1S/C23H27BrN2O2/c1-15(2)11-22(27)26-14-19-8-5-4-7-18(19)13-21(26)23(28)25-16(3)17-9-6-10-20(24)12-17/h4-10,12,15-16,21H,11,13-14H2,1-3H3,(H,25,28). The van der Waals surface area contributed by atoms with E-state index in [1.165, 1.54) is 0 Å². The first-order valence-corrected chi connectivity index (χ1v) is 10.6. The molecule has 0 radical (unpaired) electrons. The van der Waals surface area contributed by atoms with Crippen LogP contribution in [0.1, 0.15) is 49.9 Å². The first-order chi connectivity index (χ1) is 13.3. The van der Waals surface area contributed by atoms with Crippen LogP contribution in [0.5, 0.6) is 0 Å². The molecule has 0 fully saturated rings. The van der Waals surface area contributed by atoms with Gasteiger partial charge in [-0.15, -0.1) is 0 Å². The monoisotopic (exact) mass is 442 g/mol. The molecule has 4 nitrogen and oxygen atoms in total. The Bertz CT molecular complexity index is 865. The van der Waals surface area contributed by atoms with Crippen molar-refractivity contribution >= 4 is 27.7 Å². The van der Waals surface area contributed by atoms with Crippen molar-refractivity contribution in [3.05, 3.63) is 69.7 Å². The first kappa shape index (κ1) is 20.6. The third-order valence-electron chi connectivity index (χ3n) is 5.16. The van der Waals surface area contributed by atoms with Gasteiger partial charge in [0.05, 0.1) is 6.04 Å². The van der Waals surface area contributed by atoms with Crippen molar-refractivity contribution in [2.45, 2.75) is 52.2 Å². The van der Waals surface area contributed by atoms with Crippen LogP contribution in [0.15, 0.2) is 53.0 Å². The number of hydrogen-bond acceptors (Lipinski definition) is 2. The summed E-state index contributed by atoms with van der Waals surface area (Å²) in [6.07, 6.45) is 1.00. The van der Waals surface area contributed by atoms with E-state index in [0.29, 0.717) is 19.4 Å². The predicted octanol–water partition coefficient (Wildman–Crippen LogP) is 4.63. The van der Waals surface area contributed by atoms with E-state index in [-0.39, 0.29) is 23.8 Å². The molecule has 2 unspecified atom stereocenters. The topological polar surface area (TPSA) is 49.4 Å². The lowest BCUT2D eigenvalue weighted by atomic mass is 9.92. The predicted molar refractivity (Wildman–Crippen MR) is 115 cm³/mol. The lowest BCUT2D eigenvalue weighted by molar-refractivity contribution is -0.142. The van der Waals surface area contributed by atoms with E-state index in [1.807, 2.05) is 63.2 Å². The molecule has 1 aliphatic rings. The van der Waals surface area contributed by atoms with Crippen LogP contribution in [-0.2, 0) is 22.6 Å². The number of nitrogens with zero attached hydrogens (tertiary/aromatic N) is 1. The van der Waals surface area contributed by atoms with Gasteiger partial charge in [-0.3, -0.25) is 9.59 Å². The number of carbonyl (C=O) groups excluding carboxylic acids is 2. The Morgan fingerprint density at radius 3 is 2.50 bits per heavy atom. The number of benzene rings is 2. The van der Waals surface area contributed by atoms with E-state index in [4.69, 9.17) is 0 Å². The smallest absolute Gasteiger partial charge is 0.243 e. The summed E-state index contributed by atoms with van der Waals surface area (Å²) in [6, 6.07) is 15.4. The Hall–Kier alpha value is -2.14. The van der Waals surface area contributed by atoms with E-state index >= 15 is 0 Å². The normalized spacial score (nSPS) is 17.2. The van der Waals surface area contributed by atoms with Gasteiger partial charge in [0.2, 0.25) is 11.8 Å². The third-order valence-corrected chi connectivity index (χ3v) is 5.66. The van der Waals surface area contributed by atoms with Gasteiger partial charge in [-0.25, -0.2) is 0 Å². The fourth-order valence-corrected chi connectivity index (χ4v) is 4.07. The summed E-state index contributed by atoms with van der Waals surface area (Å²) >= 11 is 3.48. The molecule has 3 rings (SSSR count). The van der Waals surface area contributed by atoms with Gasteiger partial charge in [0.15, 0.2) is 0 Å². The Labute approximate surface area is 175 Å². The zero-order valence-corrected chi connectivity index (χ0v) is 18.2. The van der Waals surface area contributed by atoms with Crippen LogP contribution in [0.25, 0.3) is 0 Å². The second-order valence-electron chi connectivity index (χ2n) is 7.89. The minimum Gasteiger partial charge on any atom is -0.348 e. The second-order valence-corrected chi connectivity index (χ2v) is 8.81. The molecule has 0 bridgehead atoms. The molecule has 2 aromatic carbocycles. The van der Waals surface area contributed by atoms with Crippen LogP contribution >= 0.6 is 15.9 Å². The Kier molecular flexibility index (Phi) is 6.55. The number of nitrogens with one attached hydrogen (secondary N) is 1. The van der Waals surface area contributed by atoms with E-state index in [0.717, 1.165) is 21.2 Å². The van der Waals surface area contributed by atoms with Crippen molar-refractivity contribution in [1.29, 1.82) is 0 Å². The summed E-state index contributed by atoms with van der Waals surface area (Å²) in [5.41, 5.74) is 3.30. The van der Waals surface area contributed by atoms with E-state index in [2.05, 4.69) is 27.3 Å². The maximum absolute atomic E-state index is 13.2. The molecular weight excluding hydrogens is 416 g/mol. The number of fused-ring (bicyclic) bond motifs is 1. The molecule has 0 saturated carbocycles. The van der Waals surface area contributed by atoms with Crippen LogP contribution < -0.4 is 5.32 Å². The molecule has 28 heavy (non-hydrogen) atoms. The second kappa shape index (κ2) is 8.91. The van der Waals surface area contributed by atoms with Gasteiger partial charge < -0.3 is 10.2 Å². The van der Waals surface area contributed by atoms with Gasteiger partial charge >= 0.3 is 0 Å². The fraction of sp³-hybridized carbons (Fsp3) is 0.391. The lowest BCUT2D eigenvalue weighted by Gasteiger charge is -2.37. The summed E-state index contributed by atoms with van der Waals surface area (Å²) in [7, 11) is 0. The average Bonchev–Trinajstić information content (AvgIpc) is 2.66. The number of halogens is 1. The molecule has 2 atom stereocenters. The van der Waals surface area contributed by atoms with Crippen molar-refractivity contribution in [3.63, 3.8) is 0 Å². The zero-order chi connectivity index (χ0) is 20.3. The van der Waals surface area contributed by atoms with Crippen LogP contribution in [0.2, 0.25) is 0 Å². The van der Waals surface area contributed by atoms with E-state index in [9.17, 15) is 9.59 Å². The number of carbonyl (C=O) groups is 2. The van der Waals surface area contributed by atoms with Crippen LogP contribution in [0.3, 0.4) is 0 Å². The third kappa shape index (κ3) is 4.82. The summed E-state index contributed by atoms with van der Waals surface area (Å²) < 4.78 is 0.978. The number of rotatable bonds is 5. The molecule has 0 aliphatic carbocycles. The van der Waals surface area contributed by atoms with Gasteiger partial charge in [-0.1, -0.05) is 66.2 Å². The van der Waals surface area contributed by atoms with E-state index in [1.54, 1.807) is 4.90 Å². The van der Waals surface area contributed by atoms with Gasteiger partial charge in [0, 0.05) is 23.9 Å². The maximum atomic E-state index is 13.2. The van der Waals surface area contributed by atoms with Crippen LogP contribution in [-0.4, -0.2) is 22.8 Å². The molecule has 1 N–H and O–H groups in total. The summed E-state index contributed by atoms with van der Waals surface area (Å²) in [5, 5.41) is 3.11. The van der Waals surface area contributed by atoms with Gasteiger partial charge in [-0.2, -0.15) is 0 Å². The number of hydrogen-bond donors (Lipinski definition) is 1.